The van der Waals surface area contributed by atoms with Gasteiger partial charge in [0.05, 0.1) is 7.11 Å². The van der Waals surface area contributed by atoms with Gasteiger partial charge in [-0.2, -0.15) is 5.10 Å². The van der Waals surface area contributed by atoms with Crippen LogP contribution in [0.4, 0.5) is 0 Å². The van der Waals surface area contributed by atoms with E-state index in [-0.39, 0.29) is 5.91 Å². The maximum atomic E-state index is 11.8. The van der Waals surface area contributed by atoms with E-state index in [1.807, 2.05) is 6.21 Å². The van der Waals surface area contributed by atoms with E-state index < -0.39 is 0 Å². The molecule has 1 aromatic carbocycles. The summed E-state index contributed by atoms with van der Waals surface area (Å²) in [6, 6.07) is 6.94. The summed E-state index contributed by atoms with van der Waals surface area (Å²) in [5.74, 6) is 0.959. The van der Waals surface area contributed by atoms with Crippen LogP contribution in [-0.4, -0.2) is 19.2 Å². The predicted octanol–water partition coefficient (Wildman–Crippen LogP) is 2.77. The minimum Gasteiger partial charge on any atom is -0.497 e. The van der Waals surface area contributed by atoms with Crippen molar-refractivity contribution >= 4 is 12.1 Å². The number of allylic oxidation sites excluding steroid dienone is 2. The summed E-state index contributed by atoms with van der Waals surface area (Å²) >= 11 is 0. The fourth-order valence-corrected chi connectivity index (χ4v) is 1.96. The van der Waals surface area contributed by atoms with E-state index in [0.29, 0.717) is 11.5 Å². The molecule has 1 amide bonds. The fraction of sp³-hybridized carbons (Fsp3) is 0.333. The normalized spacial score (nSPS) is 18.5. The van der Waals surface area contributed by atoms with Crippen molar-refractivity contribution in [1.29, 1.82) is 0 Å². The van der Waals surface area contributed by atoms with Crippen LogP contribution in [0.3, 0.4) is 0 Å². The molecular weight excluding hydrogens is 240 g/mol. The molecule has 0 fully saturated rings. The first-order valence-corrected chi connectivity index (χ1v) is 6.42. The summed E-state index contributed by atoms with van der Waals surface area (Å²) in [5, 5.41) is 4.02. The Morgan fingerprint density at radius 2 is 2.16 bits per heavy atom. The molecule has 1 atom stereocenters. The first kappa shape index (κ1) is 13.3. The van der Waals surface area contributed by atoms with Crippen LogP contribution in [0.15, 0.2) is 41.5 Å². The van der Waals surface area contributed by atoms with E-state index in [1.54, 1.807) is 31.4 Å². The summed E-state index contributed by atoms with van der Waals surface area (Å²) < 4.78 is 5.04. The number of ether oxygens (including phenoxy) is 1. The topological polar surface area (TPSA) is 50.7 Å². The highest BCUT2D eigenvalue weighted by atomic mass is 16.5. The molecule has 0 saturated heterocycles. The zero-order chi connectivity index (χ0) is 13.5. The Labute approximate surface area is 113 Å². The van der Waals surface area contributed by atoms with Gasteiger partial charge in [0.25, 0.3) is 5.91 Å². The third-order valence-electron chi connectivity index (χ3n) is 3.11. The second-order valence-electron chi connectivity index (χ2n) is 4.49. The molecule has 0 heterocycles. The summed E-state index contributed by atoms with van der Waals surface area (Å²) in [7, 11) is 1.60. The van der Waals surface area contributed by atoms with Crippen LogP contribution in [0.25, 0.3) is 0 Å². The smallest absolute Gasteiger partial charge is 0.271 e. The van der Waals surface area contributed by atoms with Gasteiger partial charge >= 0.3 is 0 Å². The van der Waals surface area contributed by atoms with Gasteiger partial charge in [0.1, 0.15) is 5.75 Å². The van der Waals surface area contributed by atoms with Crippen molar-refractivity contribution in [2.24, 2.45) is 11.0 Å². The van der Waals surface area contributed by atoms with Crippen LogP contribution in [0.5, 0.6) is 5.75 Å². The predicted molar refractivity (Wildman–Crippen MR) is 75.4 cm³/mol. The third-order valence-corrected chi connectivity index (χ3v) is 3.11. The molecule has 0 bridgehead atoms. The minimum absolute atomic E-state index is 0.203. The van der Waals surface area contributed by atoms with E-state index in [0.717, 1.165) is 25.0 Å². The van der Waals surface area contributed by atoms with Crippen LogP contribution >= 0.6 is 0 Å². The molecule has 1 aliphatic rings. The van der Waals surface area contributed by atoms with E-state index in [1.165, 1.54) is 0 Å². The van der Waals surface area contributed by atoms with Gasteiger partial charge in [0, 0.05) is 11.8 Å². The Kier molecular flexibility index (Phi) is 4.72. The molecule has 0 radical (unpaired) electrons. The number of carbonyl (C=O) groups is 1. The summed E-state index contributed by atoms with van der Waals surface area (Å²) in [4.78, 5) is 11.8. The minimum atomic E-state index is -0.203. The van der Waals surface area contributed by atoms with Crippen molar-refractivity contribution in [1.82, 2.24) is 5.43 Å². The zero-order valence-corrected chi connectivity index (χ0v) is 11.0. The maximum absolute atomic E-state index is 11.8. The van der Waals surface area contributed by atoms with Gasteiger partial charge in [-0.15, -0.1) is 0 Å². The molecule has 1 N–H and O–H groups in total. The van der Waals surface area contributed by atoms with Gasteiger partial charge in [-0.1, -0.05) is 12.2 Å². The van der Waals surface area contributed by atoms with Gasteiger partial charge in [-0.05, 0) is 49.4 Å². The molecule has 0 saturated carbocycles. The Balaban J connectivity index is 1.86. The molecule has 1 aromatic rings. The second kappa shape index (κ2) is 6.73. The standard InChI is InChI=1S/C15H18N2O2/c1-19-14-9-7-13(8-10-14)15(18)17-16-11-12-5-3-2-4-6-12/h2-3,7-12H,4-6H2,1H3,(H,17,18)/b16-11-/t12-/m0/s1. The quantitative estimate of drug-likeness (QED) is 0.513. The average Bonchev–Trinajstić information content (AvgIpc) is 2.48. The summed E-state index contributed by atoms with van der Waals surface area (Å²) in [6.45, 7) is 0. The zero-order valence-electron chi connectivity index (χ0n) is 11.0. The molecule has 1 aliphatic carbocycles. The van der Waals surface area contributed by atoms with Crippen LogP contribution in [0.2, 0.25) is 0 Å². The average molecular weight is 258 g/mol. The number of rotatable bonds is 4. The molecule has 2 rings (SSSR count). The lowest BCUT2D eigenvalue weighted by Crippen LogP contribution is -2.18. The third kappa shape index (κ3) is 3.95. The number of hydrazone groups is 1. The lowest BCUT2D eigenvalue weighted by atomic mass is 9.96. The second-order valence-corrected chi connectivity index (χ2v) is 4.49. The van der Waals surface area contributed by atoms with Crippen LogP contribution in [-0.2, 0) is 0 Å². The summed E-state index contributed by atoms with van der Waals surface area (Å²) in [5.41, 5.74) is 3.12. The van der Waals surface area contributed by atoms with Crippen molar-refractivity contribution in [3.63, 3.8) is 0 Å². The number of hydrogen-bond donors (Lipinski definition) is 1. The number of nitrogens with one attached hydrogen (secondary N) is 1. The SMILES string of the molecule is COc1ccc(C(=O)N/N=C\[C@H]2CC=CCC2)cc1. The summed E-state index contributed by atoms with van der Waals surface area (Å²) in [6.07, 6.45) is 9.35. The van der Waals surface area contributed by atoms with Gasteiger partial charge in [-0.25, -0.2) is 5.43 Å². The van der Waals surface area contributed by atoms with E-state index in [2.05, 4.69) is 22.7 Å². The number of amides is 1. The molecule has 4 heteroatoms. The van der Waals surface area contributed by atoms with E-state index in [4.69, 9.17) is 4.74 Å². The molecule has 0 aromatic heterocycles. The number of nitrogens with zero attached hydrogens (tertiary/aromatic N) is 1. The van der Waals surface area contributed by atoms with E-state index >= 15 is 0 Å². The van der Waals surface area contributed by atoms with Crippen molar-refractivity contribution < 1.29 is 9.53 Å². The molecule has 100 valence electrons. The Bertz CT molecular complexity index is 477. The monoisotopic (exact) mass is 258 g/mol. The maximum Gasteiger partial charge on any atom is 0.271 e. The molecule has 4 nitrogen and oxygen atoms in total. The van der Waals surface area contributed by atoms with Crippen LogP contribution in [0.1, 0.15) is 29.6 Å². The van der Waals surface area contributed by atoms with Gasteiger partial charge in [-0.3, -0.25) is 4.79 Å². The first-order chi connectivity index (χ1) is 9.29. The highest BCUT2D eigenvalue weighted by molar-refractivity contribution is 5.94. The Morgan fingerprint density at radius 1 is 1.37 bits per heavy atom. The molecule has 19 heavy (non-hydrogen) atoms. The Hall–Kier alpha value is -2.10. The number of carbonyl (C=O) groups excluding carboxylic acids is 1. The van der Waals surface area contributed by atoms with Crippen LogP contribution < -0.4 is 10.2 Å². The first-order valence-electron chi connectivity index (χ1n) is 6.42. The largest absolute Gasteiger partial charge is 0.497 e. The van der Waals surface area contributed by atoms with Crippen LogP contribution in [0, 0.1) is 5.92 Å². The van der Waals surface area contributed by atoms with Crippen molar-refractivity contribution in [3.05, 3.63) is 42.0 Å². The van der Waals surface area contributed by atoms with Gasteiger partial charge in [0.2, 0.25) is 0 Å². The number of hydrogen-bond acceptors (Lipinski definition) is 3. The fourth-order valence-electron chi connectivity index (χ4n) is 1.96. The molecular formula is C15H18N2O2. The lowest BCUT2D eigenvalue weighted by molar-refractivity contribution is 0.0955. The highest BCUT2D eigenvalue weighted by Crippen LogP contribution is 2.15. The van der Waals surface area contributed by atoms with Gasteiger partial charge < -0.3 is 4.74 Å². The molecule has 0 aliphatic heterocycles. The Morgan fingerprint density at radius 3 is 2.79 bits per heavy atom. The van der Waals surface area contributed by atoms with E-state index in [9.17, 15) is 4.79 Å². The van der Waals surface area contributed by atoms with Crippen molar-refractivity contribution in [2.45, 2.75) is 19.3 Å². The highest BCUT2D eigenvalue weighted by Gasteiger charge is 2.07. The molecule has 0 spiro atoms. The molecule has 0 unspecified atom stereocenters. The van der Waals surface area contributed by atoms with Crippen molar-refractivity contribution in [2.75, 3.05) is 7.11 Å². The number of benzene rings is 1. The van der Waals surface area contributed by atoms with Crippen molar-refractivity contribution in [3.8, 4) is 5.75 Å². The lowest BCUT2D eigenvalue weighted by Gasteiger charge is -2.11. The van der Waals surface area contributed by atoms with Gasteiger partial charge in [0.15, 0.2) is 0 Å². The number of methoxy groups -OCH3 is 1.